The van der Waals surface area contributed by atoms with Crippen LogP contribution in [0.25, 0.3) is 0 Å². The first kappa shape index (κ1) is 29.7. The van der Waals surface area contributed by atoms with E-state index in [1.165, 1.54) is 5.56 Å². The second kappa shape index (κ2) is 12.0. The van der Waals surface area contributed by atoms with Crippen molar-refractivity contribution in [2.24, 2.45) is 5.41 Å². The molecule has 0 radical (unpaired) electrons. The molecule has 2 fully saturated rings. The number of halogens is 4. The van der Waals surface area contributed by atoms with Gasteiger partial charge >= 0.3 is 6.18 Å². The van der Waals surface area contributed by atoms with Crippen molar-refractivity contribution >= 4 is 23.4 Å². The van der Waals surface area contributed by atoms with E-state index in [4.69, 9.17) is 11.6 Å². The van der Waals surface area contributed by atoms with Crippen LogP contribution < -0.4 is 5.32 Å². The van der Waals surface area contributed by atoms with Crippen molar-refractivity contribution in [2.75, 3.05) is 32.7 Å². The maximum Gasteiger partial charge on any atom is 0.416 e. The summed E-state index contributed by atoms with van der Waals surface area (Å²) in [5.74, 6) is -0.675. The number of carbonyl (C=O) groups excluding carboxylic acids is 2. The SMILES string of the molecule is O=C(NC1CCc2ccc(C(=O)N3CCC4(CCN(CCc5ccccc5)CC4)C3)cc21)c1cc(C(F)(F)F)ccc1Cl. The number of nitrogens with one attached hydrogen (secondary N) is 1. The van der Waals surface area contributed by atoms with E-state index in [9.17, 15) is 22.8 Å². The first-order valence-corrected chi connectivity index (χ1v) is 15.3. The fourth-order valence-electron chi connectivity index (χ4n) is 6.88. The van der Waals surface area contributed by atoms with Crippen molar-refractivity contribution in [1.82, 2.24) is 15.1 Å². The fraction of sp³-hybridized carbons (Fsp3) is 0.412. The van der Waals surface area contributed by atoms with Gasteiger partial charge in [0, 0.05) is 25.2 Å². The fourth-order valence-corrected chi connectivity index (χ4v) is 7.08. The Labute approximate surface area is 255 Å². The van der Waals surface area contributed by atoms with E-state index in [0.717, 1.165) is 87.7 Å². The van der Waals surface area contributed by atoms with Crippen molar-refractivity contribution in [1.29, 1.82) is 0 Å². The number of aryl methyl sites for hydroxylation is 1. The average molecular weight is 610 g/mol. The lowest BCUT2D eigenvalue weighted by Gasteiger charge is -2.39. The Morgan fingerprint density at radius 1 is 0.953 bits per heavy atom. The zero-order valence-electron chi connectivity index (χ0n) is 23.9. The third-order valence-electron chi connectivity index (χ3n) is 9.52. The molecule has 1 atom stereocenters. The molecule has 1 aliphatic carbocycles. The molecule has 1 unspecified atom stereocenters. The highest BCUT2D eigenvalue weighted by molar-refractivity contribution is 6.33. The zero-order valence-corrected chi connectivity index (χ0v) is 24.7. The Bertz CT molecular complexity index is 1500. The van der Waals surface area contributed by atoms with Gasteiger partial charge in [0.2, 0.25) is 0 Å². The lowest BCUT2D eigenvalue weighted by molar-refractivity contribution is -0.137. The third-order valence-corrected chi connectivity index (χ3v) is 9.85. The first-order valence-electron chi connectivity index (χ1n) is 15.0. The van der Waals surface area contributed by atoms with Crippen molar-refractivity contribution < 1.29 is 22.8 Å². The highest BCUT2D eigenvalue weighted by Gasteiger charge is 2.42. The number of likely N-dealkylation sites (tertiary alicyclic amines) is 2. The van der Waals surface area contributed by atoms with Crippen LogP contribution in [0.15, 0.2) is 66.7 Å². The van der Waals surface area contributed by atoms with Crippen LogP contribution >= 0.6 is 11.6 Å². The molecule has 1 N–H and O–H groups in total. The molecule has 3 aromatic carbocycles. The summed E-state index contributed by atoms with van der Waals surface area (Å²) in [5.41, 5.74) is 2.82. The van der Waals surface area contributed by atoms with Crippen molar-refractivity contribution in [3.8, 4) is 0 Å². The van der Waals surface area contributed by atoms with Gasteiger partial charge in [-0.2, -0.15) is 13.2 Å². The first-order chi connectivity index (χ1) is 20.6. The molecule has 6 rings (SSSR count). The molecule has 0 saturated carbocycles. The minimum absolute atomic E-state index is 0.0101. The van der Waals surface area contributed by atoms with Gasteiger partial charge in [0.1, 0.15) is 0 Å². The summed E-state index contributed by atoms with van der Waals surface area (Å²) in [7, 11) is 0. The van der Waals surface area contributed by atoms with E-state index in [1.807, 2.05) is 29.2 Å². The van der Waals surface area contributed by atoms with Crippen LogP contribution in [-0.4, -0.2) is 54.3 Å². The molecular weight excluding hydrogens is 575 g/mol. The van der Waals surface area contributed by atoms with Crippen molar-refractivity contribution in [3.05, 3.63) is 105 Å². The van der Waals surface area contributed by atoms with Crippen LogP contribution in [0.2, 0.25) is 5.02 Å². The maximum absolute atomic E-state index is 13.6. The van der Waals surface area contributed by atoms with E-state index in [2.05, 4.69) is 34.5 Å². The van der Waals surface area contributed by atoms with Crippen molar-refractivity contribution in [2.45, 2.75) is 50.7 Å². The van der Waals surface area contributed by atoms with E-state index in [0.29, 0.717) is 18.4 Å². The van der Waals surface area contributed by atoms with Gasteiger partial charge in [0.25, 0.3) is 11.8 Å². The van der Waals surface area contributed by atoms with Crippen LogP contribution in [0.4, 0.5) is 13.2 Å². The predicted molar refractivity (Wildman–Crippen MR) is 160 cm³/mol. The Morgan fingerprint density at radius 2 is 1.70 bits per heavy atom. The summed E-state index contributed by atoms with van der Waals surface area (Å²) < 4.78 is 39.7. The van der Waals surface area contributed by atoms with Gasteiger partial charge in [0.15, 0.2) is 0 Å². The summed E-state index contributed by atoms with van der Waals surface area (Å²) in [5, 5.41) is 2.81. The standard InChI is InChI=1S/C34H35ClF3N3O2/c35-29-10-9-26(34(36,37)38)21-28(29)31(42)39-30-11-8-24-6-7-25(20-27(24)30)32(43)41-19-15-33(22-41)13-17-40(18-14-33)16-12-23-4-2-1-3-5-23/h1-7,9-10,20-21,30H,8,11-19,22H2,(H,39,42). The highest BCUT2D eigenvalue weighted by atomic mass is 35.5. The lowest BCUT2D eigenvalue weighted by Crippen LogP contribution is -2.42. The molecular formula is C34H35ClF3N3O2. The minimum atomic E-state index is -4.58. The summed E-state index contributed by atoms with van der Waals surface area (Å²) in [6.45, 7) is 4.63. The van der Waals surface area contributed by atoms with Gasteiger partial charge in [0.05, 0.1) is 22.2 Å². The van der Waals surface area contributed by atoms with Crippen LogP contribution in [-0.2, 0) is 19.0 Å². The van der Waals surface area contributed by atoms with Crippen LogP contribution in [0, 0.1) is 5.41 Å². The molecule has 1 spiro atoms. The monoisotopic (exact) mass is 609 g/mol. The molecule has 0 aromatic heterocycles. The molecule has 43 heavy (non-hydrogen) atoms. The highest BCUT2D eigenvalue weighted by Crippen LogP contribution is 2.41. The van der Waals surface area contributed by atoms with E-state index < -0.39 is 23.7 Å². The number of alkyl halides is 3. The van der Waals surface area contributed by atoms with Gasteiger partial charge in [-0.1, -0.05) is 48.0 Å². The Morgan fingerprint density at radius 3 is 2.44 bits per heavy atom. The molecule has 2 heterocycles. The smallest absolute Gasteiger partial charge is 0.345 e. The summed E-state index contributed by atoms with van der Waals surface area (Å²) in [6.07, 6.45) is 0.950. The number of benzene rings is 3. The topological polar surface area (TPSA) is 52.7 Å². The molecule has 2 amide bonds. The Hall–Kier alpha value is -3.36. The van der Waals surface area contributed by atoms with Gasteiger partial charge < -0.3 is 15.1 Å². The van der Waals surface area contributed by atoms with Crippen LogP contribution in [0.5, 0.6) is 0 Å². The molecule has 5 nitrogen and oxygen atoms in total. The third kappa shape index (κ3) is 6.46. The molecule has 0 bridgehead atoms. The number of fused-ring (bicyclic) bond motifs is 1. The molecule has 2 aliphatic heterocycles. The summed E-state index contributed by atoms with van der Waals surface area (Å²) >= 11 is 6.10. The quantitative estimate of drug-likeness (QED) is 0.329. The number of carbonyl (C=O) groups is 2. The Kier molecular flexibility index (Phi) is 8.26. The summed E-state index contributed by atoms with van der Waals surface area (Å²) in [6, 6.07) is 18.5. The number of piperidine rings is 1. The van der Waals surface area contributed by atoms with E-state index >= 15 is 0 Å². The average Bonchev–Trinajstić information content (AvgIpc) is 3.60. The molecule has 2 saturated heterocycles. The summed E-state index contributed by atoms with van der Waals surface area (Å²) in [4.78, 5) is 31.1. The predicted octanol–water partition coefficient (Wildman–Crippen LogP) is 6.95. The largest absolute Gasteiger partial charge is 0.416 e. The molecule has 226 valence electrons. The van der Waals surface area contributed by atoms with Gasteiger partial charge in [-0.25, -0.2) is 0 Å². The van der Waals surface area contributed by atoms with E-state index in [-0.39, 0.29) is 21.9 Å². The second-order valence-corrected chi connectivity index (χ2v) is 12.6. The number of amides is 2. The van der Waals surface area contributed by atoms with Crippen LogP contribution in [0.1, 0.15) is 74.7 Å². The maximum atomic E-state index is 13.6. The van der Waals surface area contributed by atoms with Crippen LogP contribution in [0.3, 0.4) is 0 Å². The second-order valence-electron chi connectivity index (χ2n) is 12.2. The lowest BCUT2D eigenvalue weighted by atomic mass is 9.77. The van der Waals surface area contributed by atoms with Gasteiger partial charge in [-0.15, -0.1) is 0 Å². The number of hydrogen-bond acceptors (Lipinski definition) is 3. The molecule has 9 heteroatoms. The van der Waals surface area contributed by atoms with Gasteiger partial charge in [-0.3, -0.25) is 9.59 Å². The Balaban J connectivity index is 1.08. The van der Waals surface area contributed by atoms with Crippen molar-refractivity contribution in [3.63, 3.8) is 0 Å². The number of rotatable bonds is 6. The molecule has 3 aliphatic rings. The normalized spacial score (nSPS) is 19.9. The molecule has 3 aromatic rings. The minimum Gasteiger partial charge on any atom is -0.345 e. The van der Waals surface area contributed by atoms with E-state index in [1.54, 1.807) is 0 Å². The van der Waals surface area contributed by atoms with Gasteiger partial charge in [-0.05, 0) is 104 Å². The number of nitrogens with zero attached hydrogens (tertiary/aromatic N) is 2. The zero-order chi connectivity index (χ0) is 30.2. The number of hydrogen-bond donors (Lipinski definition) is 1.